The van der Waals surface area contributed by atoms with E-state index in [2.05, 4.69) is 16.0 Å². The molecule has 0 aliphatic carbocycles. The maximum absolute atomic E-state index is 12.2. The second-order valence-corrected chi connectivity index (χ2v) is 6.10. The van der Waals surface area contributed by atoms with E-state index in [9.17, 15) is 10.1 Å². The van der Waals surface area contributed by atoms with E-state index in [4.69, 9.17) is 4.74 Å². The van der Waals surface area contributed by atoms with Crippen molar-refractivity contribution in [1.29, 1.82) is 5.26 Å². The first-order chi connectivity index (χ1) is 12.1. The van der Waals surface area contributed by atoms with Crippen LogP contribution in [0.15, 0.2) is 47.3 Å². The first-order valence-corrected chi connectivity index (χ1v) is 8.05. The van der Waals surface area contributed by atoms with Crippen molar-refractivity contribution in [3.63, 3.8) is 0 Å². The normalized spacial score (nSPS) is 16.3. The van der Waals surface area contributed by atoms with Crippen LogP contribution in [0, 0.1) is 11.3 Å². The van der Waals surface area contributed by atoms with E-state index >= 15 is 0 Å². The van der Waals surface area contributed by atoms with Gasteiger partial charge < -0.3 is 9.72 Å². The topological polar surface area (TPSA) is 78.8 Å². The number of fused-ring (bicyclic) bond motifs is 2. The van der Waals surface area contributed by atoms with Crippen molar-refractivity contribution in [3.05, 3.63) is 69.8 Å². The molecule has 1 N–H and O–H groups in total. The molecule has 0 spiro atoms. The number of nitriles is 1. The summed E-state index contributed by atoms with van der Waals surface area (Å²) in [5.41, 5.74) is 2.63. The summed E-state index contributed by atoms with van der Waals surface area (Å²) in [5.74, 6) is 1.16. The van der Waals surface area contributed by atoms with Gasteiger partial charge in [0.05, 0.1) is 16.5 Å². The molecular formula is C20H15N3O2. The second kappa shape index (κ2) is 5.91. The highest BCUT2D eigenvalue weighted by molar-refractivity contribution is 5.89. The van der Waals surface area contributed by atoms with Crippen LogP contribution in [-0.2, 0) is 6.42 Å². The fourth-order valence-electron chi connectivity index (χ4n) is 3.07. The van der Waals surface area contributed by atoms with E-state index in [0.717, 1.165) is 23.3 Å². The van der Waals surface area contributed by atoms with Crippen molar-refractivity contribution >= 4 is 22.6 Å². The van der Waals surface area contributed by atoms with E-state index in [1.165, 1.54) is 0 Å². The molecule has 2 heterocycles. The Balaban J connectivity index is 1.79. The summed E-state index contributed by atoms with van der Waals surface area (Å²) in [6, 6.07) is 15.0. The number of H-pyrrole nitrogens is 1. The smallest absolute Gasteiger partial charge is 0.259 e. The molecule has 5 heteroatoms. The zero-order chi connectivity index (χ0) is 17.4. The Bertz CT molecular complexity index is 1110. The van der Waals surface area contributed by atoms with Crippen LogP contribution in [0.3, 0.4) is 0 Å². The lowest BCUT2D eigenvalue weighted by Crippen LogP contribution is -2.11. The molecular weight excluding hydrogens is 314 g/mol. The first kappa shape index (κ1) is 15.2. The molecule has 1 aromatic heterocycles. The van der Waals surface area contributed by atoms with Gasteiger partial charge in [0, 0.05) is 6.42 Å². The second-order valence-electron chi connectivity index (χ2n) is 6.10. The van der Waals surface area contributed by atoms with Crippen molar-refractivity contribution in [2.24, 2.45) is 0 Å². The van der Waals surface area contributed by atoms with Crippen LogP contribution in [0.4, 0.5) is 0 Å². The lowest BCUT2D eigenvalue weighted by atomic mass is 10.0. The maximum atomic E-state index is 12.2. The molecule has 0 radical (unpaired) electrons. The number of hydrogen-bond acceptors (Lipinski definition) is 4. The maximum Gasteiger partial charge on any atom is 0.259 e. The minimum absolute atomic E-state index is 0.170. The van der Waals surface area contributed by atoms with E-state index in [-0.39, 0.29) is 17.5 Å². The number of para-hydroxylation sites is 1. The van der Waals surface area contributed by atoms with Crippen LogP contribution < -0.4 is 10.3 Å². The zero-order valence-corrected chi connectivity index (χ0v) is 13.6. The largest absolute Gasteiger partial charge is 0.490 e. The average molecular weight is 329 g/mol. The quantitative estimate of drug-likeness (QED) is 0.732. The SMILES string of the molecule is CC1Cc2cc(/C=C(\C#N)c3nc4ccccc4c(=O)[nH]3)ccc2O1. The number of hydrogen-bond donors (Lipinski definition) is 1. The number of benzene rings is 2. The van der Waals surface area contributed by atoms with E-state index in [1.807, 2.05) is 31.2 Å². The molecule has 1 aliphatic rings. The van der Waals surface area contributed by atoms with Gasteiger partial charge in [-0.05, 0) is 48.4 Å². The lowest BCUT2D eigenvalue weighted by molar-refractivity contribution is 0.254. The highest BCUT2D eigenvalue weighted by atomic mass is 16.5. The van der Waals surface area contributed by atoms with Gasteiger partial charge in [0.2, 0.25) is 0 Å². The third kappa shape index (κ3) is 2.79. The fourth-order valence-corrected chi connectivity index (χ4v) is 3.07. The van der Waals surface area contributed by atoms with Gasteiger partial charge in [-0.25, -0.2) is 4.98 Å². The minimum atomic E-state index is -0.252. The van der Waals surface area contributed by atoms with Gasteiger partial charge in [-0.3, -0.25) is 4.79 Å². The van der Waals surface area contributed by atoms with Gasteiger partial charge in [0.1, 0.15) is 17.9 Å². The number of rotatable bonds is 2. The van der Waals surface area contributed by atoms with Crippen molar-refractivity contribution in [2.75, 3.05) is 0 Å². The summed E-state index contributed by atoms with van der Waals surface area (Å²) in [6.45, 7) is 2.03. The Morgan fingerprint density at radius 1 is 1.36 bits per heavy atom. The number of ether oxygens (including phenoxy) is 1. The highest BCUT2D eigenvalue weighted by Gasteiger charge is 2.18. The van der Waals surface area contributed by atoms with Crippen molar-refractivity contribution < 1.29 is 4.74 Å². The van der Waals surface area contributed by atoms with Crippen molar-refractivity contribution in [1.82, 2.24) is 9.97 Å². The molecule has 0 bridgehead atoms. The minimum Gasteiger partial charge on any atom is -0.490 e. The fraction of sp³-hybridized carbons (Fsp3) is 0.150. The van der Waals surface area contributed by atoms with Crippen LogP contribution in [0.1, 0.15) is 23.9 Å². The highest BCUT2D eigenvalue weighted by Crippen LogP contribution is 2.30. The van der Waals surface area contributed by atoms with Crippen LogP contribution >= 0.6 is 0 Å². The molecule has 4 rings (SSSR count). The number of nitrogens with zero attached hydrogens (tertiary/aromatic N) is 2. The van der Waals surface area contributed by atoms with Gasteiger partial charge in [0.25, 0.3) is 5.56 Å². The number of nitrogens with one attached hydrogen (secondary N) is 1. The summed E-state index contributed by atoms with van der Waals surface area (Å²) >= 11 is 0. The Hall–Kier alpha value is -3.39. The van der Waals surface area contributed by atoms with Crippen LogP contribution in [0.5, 0.6) is 5.75 Å². The average Bonchev–Trinajstić information content (AvgIpc) is 2.99. The molecule has 1 aliphatic heterocycles. The molecule has 25 heavy (non-hydrogen) atoms. The Morgan fingerprint density at radius 3 is 3.04 bits per heavy atom. The van der Waals surface area contributed by atoms with Gasteiger partial charge in [-0.2, -0.15) is 5.26 Å². The Kier molecular flexibility index (Phi) is 3.58. The van der Waals surface area contributed by atoms with Crippen LogP contribution in [0.2, 0.25) is 0 Å². The van der Waals surface area contributed by atoms with E-state index < -0.39 is 0 Å². The number of aromatic amines is 1. The monoisotopic (exact) mass is 329 g/mol. The van der Waals surface area contributed by atoms with Crippen molar-refractivity contribution in [3.8, 4) is 11.8 Å². The van der Waals surface area contributed by atoms with Gasteiger partial charge in [-0.15, -0.1) is 0 Å². The first-order valence-electron chi connectivity index (χ1n) is 8.05. The van der Waals surface area contributed by atoms with E-state index in [1.54, 1.807) is 24.3 Å². The van der Waals surface area contributed by atoms with Gasteiger partial charge in [-0.1, -0.05) is 18.2 Å². The summed E-state index contributed by atoms with van der Waals surface area (Å²) in [4.78, 5) is 19.3. The van der Waals surface area contributed by atoms with E-state index in [0.29, 0.717) is 16.5 Å². The summed E-state index contributed by atoms with van der Waals surface area (Å²) in [6.07, 6.45) is 2.75. The Morgan fingerprint density at radius 2 is 2.20 bits per heavy atom. The zero-order valence-electron chi connectivity index (χ0n) is 13.6. The molecule has 3 aromatic rings. The van der Waals surface area contributed by atoms with Crippen molar-refractivity contribution in [2.45, 2.75) is 19.4 Å². The molecule has 5 nitrogen and oxygen atoms in total. The van der Waals surface area contributed by atoms with Gasteiger partial charge >= 0.3 is 0 Å². The molecule has 0 saturated carbocycles. The predicted molar refractivity (Wildman–Crippen MR) is 96.1 cm³/mol. The summed E-state index contributed by atoms with van der Waals surface area (Å²) < 4.78 is 5.70. The Labute approximate surface area is 144 Å². The standard InChI is InChI=1S/C20H15N3O2/c1-12-8-14-9-13(6-7-18(14)25-12)10-15(11-21)19-22-17-5-3-2-4-16(17)20(24)23-19/h2-7,9-10,12H,8H2,1H3,(H,22,23,24)/b15-10+. The molecule has 2 aromatic carbocycles. The molecule has 1 unspecified atom stereocenters. The third-order valence-corrected chi connectivity index (χ3v) is 4.22. The number of aromatic nitrogens is 2. The molecule has 122 valence electrons. The third-order valence-electron chi connectivity index (χ3n) is 4.22. The predicted octanol–water partition coefficient (Wildman–Crippen LogP) is 3.31. The van der Waals surface area contributed by atoms with Crippen LogP contribution in [-0.4, -0.2) is 16.1 Å². The summed E-state index contributed by atoms with van der Waals surface area (Å²) in [7, 11) is 0. The molecule has 1 atom stereocenters. The number of allylic oxidation sites excluding steroid dienone is 1. The lowest BCUT2D eigenvalue weighted by Gasteiger charge is -2.04. The van der Waals surface area contributed by atoms with Crippen LogP contribution in [0.25, 0.3) is 22.6 Å². The molecule has 0 saturated heterocycles. The van der Waals surface area contributed by atoms with Gasteiger partial charge in [0.15, 0.2) is 5.82 Å². The molecule has 0 amide bonds. The summed E-state index contributed by atoms with van der Waals surface area (Å²) in [5, 5.41) is 10.0. The molecule has 0 fully saturated rings.